The third-order valence-corrected chi connectivity index (χ3v) is 3.81. The number of carbonyl (C=O) groups excluding carboxylic acids is 1. The van der Waals surface area contributed by atoms with Crippen molar-refractivity contribution < 1.29 is 4.79 Å². The van der Waals surface area contributed by atoms with E-state index in [9.17, 15) is 4.79 Å². The molecule has 0 saturated carbocycles. The number of halogens is 2. The van der Waals surface area contributed by atoms with Crippen LogP contribution in [-0.4, -0.2) is 28.1 Å². The van der Waals surface area contributed by atoms with Gasteiger partial charge in [0.25, 0.3) is 0 Å². The molecule has 1 aromatic heterocycles. The highest BCUT2D eigenvalue weighted by Crippen LogP contribution is 2.20. The molecule has 2 rings (SSSR count). The monoisotopic (exact) mass is 325 g/mol. The molecule has 6 heteroatoms. The van der Waals surface area contributed by atoms with Crippen molar-refractivity contribution in [1.82, 2.24) is 15.1 Å². The molecule has 0 saturated heterocycles. The van der Waals surface area contributed by atoms with Crippen LogP contribution in [0.2, 0.25) is 10.0 Å². The summed E-state index contributed by atoms with van der Waals surface area (Å²) < 4.78 is 0. The van der Waals surface area contributed by atoms with Crippen LogP contribution in [0.3, 0.4) is 0 Å². The summed E-state index contributed by atoms with van der Waals surface area (Å²) in [6.07, 6.45) is 0.332. The molecule has 0 spiro atoms. The minimum Gasteiger partial charge on any atom is -0.341 e. The van der Waals surface area contributed by atoms with Crippen LogP contribution in [0.15, 0.2) is 18.2 Å². The van der Waals surface area contributed by atoms with Crippen LogP contribution in [0.25, 0.3) is 0 Å². The molecular formula is C15H17Cl2N3O. The van der Waals surface area contributed by atoms with Gasteiger partial charge in [-0.3, -0.25) is 9.89 Å². The number of benzene rings is 1. The fourth-order valence-corrected chi connectivity index (χ4v) is 2.76. The van der Waals surface area contributed by atoms with Crippen LogP contribution in [0.5, 0.6) is 0 Å². The number of hydrogen-bond donors (Lipinski definition) is 1. The lowest BCUT2D eigenvalue weighted by atomic mass is 10.1. The first kappa shape index (κ1) is 15.9. The topological polar surface area (TPSA) is 49.0 Å². The van der Waals surface area contributed by atoms with E-state index < -0.39 is 0 Å². The Bertz CT molecular complexity index is 627. The molecule has 0 atom stereocenters. The Balaban J connectivity index is 2.06. The third kappa shape index (κ3) is 3.99. The Kier molecular flexibility index (Phi) is 4.91. The van der Waals surface area contributed by atoms with E-state index >= 15 is 0 Å². The first-order valence-electron chi connectivity index (χ1n) is 6.56. The summed E-state index contributed by atoms with van der Waals surface area (Å²) in [5.74, 6) is 0.0266. The highest BCUT2D eigenvalue weighted by molar-refractivity contribution is 6.34. The minimum atomic E-state index is 0.0266. The van der Waals surface area contributed by atoms with Crippen molar-refractivity contribution in [2.24, 2.45) is 0 Å². The largest absolute Gasteiger partial charge is 0.341 e. The van der Waals surface area contributed by atoms with Crippen molar-refractivity contribution in [2.75, 3.05) is 7.05 Å². The summed E-state index contributed by atoms with van der Waals surface area (Å²) in [4.78, 5) is 14.0. The van der Waals surface area contributed by atoms with Crippen molar-refractivity contribution in [3.8, 4) is 0 Å². The number of H-pyrrole nitrogens is 1. The SMILES string of the molecule is Cc1n[nH]c(C)c1CC(=O)N(C)Cc1cc(Cl)cc(Cl)c1. The van der Waals surface area contributed by atoms with Crippen LogP contribution in [0.4, 0.5) is 0 Å². The molecule has 4 nitrogen and oxygen atoms in total. The van der Waals surface area contributed by atoms with Gasteiger partial charge in [0.05, 0.1) is 12.1 Å². The van der Waals surface area contributed by atoms with Gasteiger partial charge >= 0.3 is 0 Å². The Hall–Kier alpha value is -1.52. The van der Waals surface area contributed by atoms with Crippen LogP contribution in [-0.2, 0) is 17.8 Å². The summed E-state index contributed by atoms with van der Waals surface area (Å²) in [6, 6.07) is 5.30. The molecule has 21 heavy (non-hydrogen) atoms. The van der Waals surface area contributed by atoms with E-state index in [0.29, 0.717) is 23.0 Å². The predicted octanol–water partition coefficient (Wildman–Crippen LogP) is 3.53. The van der Waals surface area contributed by atoms with Gasteiger partial charge in [-0.05, 0) is 37.6 Å². The summed E-state index contributed by atoms with van der Waals surface area (Å²) in [5.41, 5.74) is 3.65. The van der Waals surface area contributed by atoms with Gasteiger partial charge < -0.3 is 4.90 Å². The summed E-state index contributed by atoms with van der Waals surface area (Å²) >= 11 is 11.9. The molecular weight excluding hydrogens is 309 g/mol. The van der Waals surface area contributed by atoms with Crippen LogP contribution < -0.4 is 0 Å². The van der Waals surface area contributed by atoms with Gasteiger partial charge in [-0.1, -0.05) is 23.2 Å². The number of amides is 1. The van der Waals surface area contributed by atoms with Gasteiger partial charge in [-0.15, -0.1) is 0 Å². The Morgan fingerprint density at radius 2 is 1.86 bits per heavy atom. The standard InChI is InChI=1S/C15H17Cl2N3O/c1-9-14(10(2)19-18-9)7-15(21)20(3)8-11-4-12(16)6-13(17)5-11/h4-6H,7-8H2,1-3H3,(H,18,19). The normalized spacial score (nSPS) is 10.7. The van der Waals surface area contributed by atoms with E-state index in [1.807, 2.05) is 26.0 Å². The van der Waals surface area contributed by atoms with Crippen molar-refractivity contribution in [2.45, 2.75) is 26.8 Å². The van der Waals surface area contributed by atoms with E-state index in [4.69, 9.17) is 23.2 Å². The number of rotatable bonds is 4. The molecule has 0 radical (unpaired) electrons. The summed E-state index contributed by atoms with van der Waals surface area (Å²) in [5, 5.41) is 8.13. The molecule has 0 bridgehead atoms. The second-order valence-electron chi connectivity index (χ2n) is 5.12. The number of aromatic amines is 1. The van der Waals surface area contributed by atoms with Gasteiger partial charge in [0, 0.05) is 34.9 Å². The summed E-state index contributed by atoms with van der Waals surface area (Å²) in [6.45, 7) is 4.28. The molecule has 0 fully saturated rings. The molecule has 0 unspecified atom stereocenters. The van der Waals surface area contributed by atoms with Gasteiger partial charge in [0.1, 0.15) is 0 Å². The van der Waals surface area contributed by atoms with Crippen LogP contribution in [0, 0.1) is 13.8 Å². The number of likely N-dealkylation sites (N-methyl/N-ethyl adjacent to an activating group) is 1. The van der Waals surface area contributed by atoms with E-state index in [1.54, 1.807) is 18.0 Å². The maximum Gasteiger partial charge on any atom is 0.227 e. The minimum absolute atomic E-state index is 0.0266. The molecule has 0 aliphatic carbocycles. The molecule has 112 valence electrons. The Labute approximate surface area is 134 Å². The number of nitrogens with zero attached hydrogens (tertiary/aromatic N) is 2. The second kappa shape index (κ2) is 6.50. The Morgan fingerprint density at radius 3 is 2.38 bits per heavy atom. The fraction of sp³-hybridized carbons (Fsp3) is 0.333. The Morgan fingerprint density at radius 1 is 1.24 bits per heavy atom. The van der Waals surface area contributed by atoms with Crippen molar-refractivity contribution in [3.05, 3.63) is 50.8 Å². The molecule has 1 aromatic carbocycles. The van der Waals surface area contributed by atoms with E-state index in [-0.39, 0.29) is 5.91 Å². The maximum atomic E-state index is 12.3. The number of nitrogens with one attached hydrogen (secondary N) is 1. The summed E-state index contributed by atoms with van der Waals surface area (Å²) in [7, 11) is 1.77. The number of carbonyl (C=O) groups is 1. The maximum absolute atomic E-state index is 12.3. The van der Waals surface area contributed by atoms with E-state index in [1.165, 1.54) is 0 Å². The predicted molar refractivity (Wildman–Crippen MR) is 84.7 cm³/mol. The molecule has 2 aromatic rings. The van der Waals surface area contributed by atoms with Gasteiger partial charge in [0.15, 0.2) is 0 Å². The molecule has 1 amide bonds. The second-order valence-corrected chi connectivity index (χ2v) is 5.99. The smallest absolute Gasteiger partial charge is 0.227 e. The average Bonchev–Trinajstić information content (AvgIpc) is 2.69. The lowest BCUT2D eigenvalue weighted by molar-refractivity contribution is -0.129. The zero-order chi connectivity index (χ0) is 15.6. The van der Waals surface area contributed by atoms with E-state index in [0.717, 1.165) is 22.5 Å². The lowest BCUT2D eigenvalue weighted by Gasteiger charge is -2.18. The van der Waals surface area contributed by atoms with Crippen molar-refractivity contribution >= 4 is 29.1 Å². The number of hydrogen-bond acceptors (Lipinski definition) is 2. The van der Waals surface area contributed by atoms with Crippen molar-refractivity contribution in [3.63, 3.8) is 0 Å². The number of aromatic nitrogens is 2. The van der Waals surface area contributed by atoms with Gasteiger partial charge in [-0.25, -0.2) is 0 Å². The highest BCUT2D eigenvalue weighted by atomic mass is 35.5. The highest BCUT2D eigenvalue weighted by Gasteiger charge is 2.15. The van der Waals surface area contributed by atoms with Crippen LogP contribution >= 0.6 is 23.2 Å². The quantitative estimate of drug-likeness (QED) is 0.934. The fourth-order valence-electron chi connectivity index (χ4n) is 2.18. The first-order chi connectivity index (χ1) is 9.86. The van der Waals surface area contributed by atoms with Crippen LogP contribution in [0.1, 0.15) is 22.5 Å². The van der Waals surface area contributed by atoms with Crippen molar-refractivity contribution in [1.29, 1.82) is 0 Å². The zero-order valence-electron chi connectivity index (χ0n) is 12.2. The van der Waals surface area contributed by atoms with Gasteiger partial charge in [-0.2, -0.15) is 5.10 Å². The number of aryl methyl sites for hydroxylation is 2. The molecule has 0 aliphatic rings. The molecule has 1 heterocycles. The zero-order valence-corrected chi connectivity index (χ0v) is 13.7. The molecule has 0 aliphatic heterocycles. The molecule has 1 N–H and O–H groups in total. The first-order valence-corrected chi connectivity index (χ1v) is 7.31. The van der Waals surface area contributed by atoms with E-state index in [2.05, 4.69) is 10.2 Å². The third-order valence-electron chi connectivity index (χ3n) is 3.38. The average molecular weight is 326 g/mol. The lowest BCUT2D eigenvalue weighted by Crippen LogP contribution is -2.28. The van der Waals surface area contributed by atoms with Gasteiger partial charge in [0.2, 0.25) is 5.91 Å².